The molecule has 0 saturated carbocycles. The van der Waals surface area contributed by atoms with Gasteiger partial charge in [-0.05, 0) is 41.3 Å². The number of fused-ring (bicyclic) bond motifs is 1. The van der Waals surface area contributed by atoms with Gasteiger partial charge in [0.25, 0.3) is 0 Å². The molecule has 1 aliphatic heterocycles. The summed E-state index contributed by atoms with van der Waals surface area (Å²) in [6.07, 6.45) is 0. The van der Waals surface area contributed by atoms with Gasteiger partial charge in [-0.15, -0.1) is 10.2 Å². The number of benzene rings is 2. The molecule has 1 aliphatic rings. The molecular formula is C23H27N5O3. The largest absolute Gasteiger partial charge is 0.486 e. The summed E-state index contributed by atoms with van der Waals surface area (Å²) in [7, 11) is 0. The van der Waals surface area contributed by atoms with Crippen LogP contribution in [0.4, 0.5) is 0 Å². The number of likely N-dealkylation sites (N-methyl/N-ethyl adjacent to an activating group) is 1. The number of hydrogen-bond acceptors (Lipinski definition) is 6. The van der Waals surface area contributed by atoms with E-state index < -0.39 is 0 Å². The first-order valence-electron chi connectivity index (χ1n) is 10.6. The molecule has 0 N–H and O–H groups in total. The van der Waals surface area contributed by atoms with Crippen LogP contribution in [0.3, 0.4) is 0 Å². The van der Waals surface area contributed by atoms with Gasteiger partial charge in [-0.25, -0.2) is 0 Å². The minimum absolute atomic E-state index is 0.0372. The summed E-state index contributed by atoms with van der Waals surface area (Å²) < 4.78 is 11.2. The maximum absolute atomic E-state index is 12.8. The van der Waals surface area contributed by atoms with E-state index >= 15 is 0 Å². The van der Waals surface area contributed by atoms with Crippen molar-refractivity contribution in [2.24, 2.45) is 0 Å². The molecule has 1 aromatic heterocycles. The highest BCUT2D eigenvalue weighted by Crippen LogP contribution is 2.31. The Bertz CT molecular complexity index is 1050. The first-order valence-corrected chi connectivity index (χ1v) is 10.6. The fraction of sp³-hybridized carbons (Fsp3) is 0.391. The fourth-order valence-corrected chi connectivity index (χ4v) is 3.45. The number of nitrogens with zero attached hydrogens (tertiary/aromatic N) is 5. The van der Waals surface area contributed by atoms with E-state index in [9.17, 15) is 4.79 Å². The third-order valence-electron chi connectivity index (χ3n) is 5.28. The molecule has 2 aromatic carbocycles. The lowest BCUT2D eigenvalue weighted by Gasteiger charge is -2.23. The minimum atomic E-state index is -0.0727. The van der Waals surface area contributed by atoms with Crippen molar-refractivity contribution in [2.45, 2.75) is 39.8 Å². The number of carbonyl (C=O) groups is 1. The van der Waals surface area contributed by atoms with Crippen molar-refractivity contribution in [2.75, 3.05) is 19.8 Å². The molecule has 2 heterocycles. The van der Waals surface area contributed by atoms with Gasteiger partial charge in [0.2, 0.25) is 11.7 Å². The highest BCUT2D eigenvalue weighted by molar-refractivity contribution is 5.75. The van der Waals surface area contributed by atoms with Crippen LogP contribution in [0.5, 0.6) is 11.5 Å². The lowest BCUT2D eigenvalue weighted by molar-refractivity contribution is -0.132. The van der Waals surface area contributed by atoms with E-state index in [1.807, 2.05) is 37.3 Å². The van der Waals surface area contributed by atoms with Gasteiger partial charge in [-0.3, -0.25) is 4.79 Å². The summed E-state index contributed by atoms with van der Waals surface area (Å²) in [5, 5.41) is 12.6. The summed E-state index contributed by atoms with van der Waals surface area (Å²) in [6, 6.07) is 13.9. The SMILES string of the molecule is CCN(Cc1ccc2c(c1)OCCO2)C(=O)Cn1nnc(-c2ccc(C(C)C)cc2)n1. The average molecular weight is 422 g/mol. The Morgan fingerprint density at radius 2 is 1.84 bits per heavy atom. The maximum atomic E-state index is 12.8. The predicted octanol–water partition coefficient (Wildman–Crippen LogP) is 3.28. The molecule has 8 nitrogen and oxygen atoms in total. The molecule has 0 spiro atoms. The van der Waals surface area contributed by atoms with Crippen LogP contribution in [-0.4, -0.2) is 50.8 Å². The monoisotopic (exact) mass is 421 g/mol. The first kappa shape index (κ1) is 20.8. The van der Waals surface area contributed by atoms with Gasteiger partial charge >= 0.3 is 0 Å². The Balaban J connectivity index is 1.41. The summed E-state index contributed by atoms with van der Waals surface area (Å²) >= 11 is 0. The van der Waals surface area contributed by atoms with Crippen molar-refractivity contribution in [1.82, 2.24) is 25.1 Å². The number of carbonyl (C=O) groups excluding carboxylic acids is 1. The van der Waals surface area contributed by atoms with Gasteiger partial charge in [-0.1, -0.05) is 44.2 Å². The molecule has 0 aliphatic carbocycles. The molecule has 3 aromatic rings. The van der Waals surface area contributed by atoms with Gasteiger partial charge in [0.05, 0.1) is 0 Å². The van der Waals surface area contributed by atoms with Crippen molar-refractivity contribution in [1.29, 1.82) is 0 Å². The highest BCUT2D eigenvalue weighted by atomic mass is 16.6. The van der Waals surface area contributed by atoms with Crippen LogP contribution in [0.1, 0.15) is 37.8 Å². The Kier molecular flexibility index (Phi) is 6.16. The van der Waals surface area contributed by atoms with E-state index in [0.717, 1.165) is 22.6 Å². The lowest BCUT2D eigenvalue weighted by atomic mass is 10.0. The van der Waals surface area contributed by atoms with E-state index in [1.54, 1.807) is 4.90 Å². The second-order valence-electron chi connectivity index (χ2n) is 7.81. The van der Waals surface area contributed by atoms with Gasteiger partial charge < -0.3 is 14.4 Å². The van der Waals surface area contributed by atoms with Crippen molar-refractivity contribution in [3.63, 3.8) is 0 Å². The zero-order valence-electron chi connectivity index (χ0n) is 18.1. The van der Waals surface area contributed by atoms with Crippen LogP contribution < -0.4 is 9.47 Å². The molecule has 1 amide bonds. The Labute approximate surface area is 181 Å². The van der Waals surface area contributed by atoms with Gasteiger partial charge in [0, 0.05) is 18.7 Å². The highest BCUT2D eigenvalue weighted by Gasteiger charge is 2.18. The zero-order chi connectivity index (χ0) is 21.8. The van der Waals surface area contributed by atoms with Crippen LogP contribution >= 0.6 is 0 Å². The topological polar surface area (TPSA) is 82.4 Å². The summed E-state index contributed by atoms with van der Waals surface area (Å²) in [4.78, 5) is 15.9. The molecule has 0 unspecified atom stereocenters. The van der Waals surface area contributed by atoms with E-state index in [-0.39, 0.29) is 12.5 Å². The quantitative estimate of drug-likeness (QED) is 0.582. The van der Waals surface area contributed by atoms with Gasteiger partial charge in [0.1, 0.15) is 19.8 Å². The van der Waals surface area contributed by atoms with Crippen LogP contribution in [0, 0.1) is 0 Å². The third-order valence-corrected chi connectivity index (χ3v) is 5.28. The number of ether oxygens (including phenoxy) is 2. The van der Waals surface area contributed by atoms with Crippen molar-refractivity contribution >= 4 is 5.91 Å². The molecule has 4 rings (SSSR count). The van der Waals surface area contributed by atoms with E-state index in [0.29, 0.717) is 38.0 Å². The summed E-state index contributed by atoms with van der Waals surface area (Å²) in [5.74, 6) is 2.36. The lowest BCUT2D eigenvalue weighted by Crippen LogP contribution is -2.33. The van der Waals surface area contributed by atoms with Crippen LogP contribution in [0.15, 0.2) is 42.5 Å². The second kappa shape index (κ2) is 9.16. The van der Waals surface area contributed by atoms with Crippen LogP contribution in [0.25, 0.3) is 11.4 Å². The first-order chi connectivity index (χ1) is 15.0. The molecule has 0 atom stereocenters. The molecule has 162 valence electrons. The molecular weight excluding hydrogens is 394 g/mol. The van der Waals surface area contributed by atoms with Gasteiger partial charge in [-0.2, -0.15) is 4.80 Å². The minimum Gasteiger partial charge on any atom is -0.486 e. The number of aromatic nitrogens is 4. The van der Waals surface area contributed by atoms with Crippen LogP contribution in [-0.2, 0) is 17.9 Å². The third kappa shape index (κ3) is 4.84. The number of amides is 1. The molecule has 31 heavy (non-hydrogen) atoms. The van der Waals surface area contributed by atoms with E-state index in [1.165, 1.54) is 10.4 Å². The molecule has 8 heteroatoms. The zero-order valence-corrected chi connectivity index (χ0v) is 18.1. The standard InChI is InChI=1S/C23H27N5O3/c1-4-27(14-17-5-10-20-21(13-17)31-12-11-30-20)22(29)15-28-25-23(24-26-28)19-8-6-18(7-9-19)16(2)3/h5-10,13,16H,4,11-12,14-15H2,1-3H3. The number of hydrogen-bond donors (Lipinski definition) is 0. The Morgan fingerprint density at radius 1 is 1.10 bits per heavy atom. The number of tetrazole rings is 1. The molecule has 0 saturated heterocycles. The molecule has 0 radical (unpaired) electrons. The number of rotatable bonds is 7. The summed E-state index contributed by atoms with van der Waals surface area (Å²) in [6.45, 7) is 8.44. The Morgan fingerprint density at radius 3 is 2.55 bits per heavy atom. The van der Waals surface area contributed by atoms with Gasteiger partial charge in [0.15, 0.2) is 11.5 Å². The normalized spacial score (nSPS) is 12.8. The predicted molar refractivity (Wildman–Crippen MR) is 116 cm³/mol. The Hall–Kier alpha value is -3.42. The van der Waals surface area contributed by atoms with Crippen molar-refractivity contribution in [3.05, 3.63) is 53.6 Å². The molecule has 0 fully saturated rings. The second-order valence-corrected chi connectivity index (χ2v) is 7.81. The van der Waals surface area contributed by atoms with Crippen LogP contribution in [0.2, 0.25) is 0 Å². The average Bonchev–Trinajstić information content (AvgIpc) is 3.25. The fourth-order valence-electron chi connectivity index (χ4n) is 3.45. The van der Waals surface area contributed by atoms with E-state index in [4.69, 9.17) is 9.47 Å². The molecule has 0 bridgehead atoms. The van der Waals surface area contributed by atoms with Crippen molar-refractivity contribution < 1.29 is 14.3 Å². The van der Waals surface area contributed by atoms with E-state index in [2.05, 4.69) is 41.4 Å². The summed E-state index contributed by atoms with van der Waals surface area (Å²) in [5.41, 5.74) is 3.12. The smallest absolute Gasteiger partial charge is 0.246 e. The maximum Gasteiger partial charge on any atom is 0.246 e. The van der Waals surface area contributed by atoms with Crippen molar-refractivity contribution in [3.8, 4) is 22.9 Å².